The van der Waals surface area contributed by atoms with Crippen LogP contribution in [0.2, 0.25) is 0 Å². The minimum Gasteiger partial charge on any atom is -0.451 e. The Morgan fingerprint density at radius 3 is 2.21 bits per heavy atom. The molecular weight excluding hydrogens is 382 g/mol. The Morgan fingerprint density at radius 1 is 1.14 bits per heavy atom. The maximum absolute atomic E-state index is 13.4. The van der Waals surface area contributed by atoms with E-state index >= 15 is 0 Å². The molecule has 1 amide bonds. The highest BCUT2D eigenvalue weighted by atomic mass is 32.2. The molecule has 0 unspecified atom stereocenters. The highest BCUT2D eigenvalue weighted by Crippen LogP contribution is 2.54. The molecule has 0 saturated carbocycles. The Kier molecular flexibility index (Phi) is 5.26. The van der Waals surface area contributed by atoms with E-state index in [2.05, 4.69) is 6.58 Å². The van der Waals surface area contributed by atoms with Gasteiger partial charge in [0.05, 0.1) is 11.3 Å². The molecule has 0 radical (unpaired) electrons. The summed E-state index contributed by atoms with van der Waals surface area (Å²) in [6, 6.07) is 18.8. The molecular formula is C24H25NO3S. The number of hydrogen-bond donors (Lipinski definition) is 0. The van der Waals surface area contributed by atoms with Crippen LogP contribution in [0.15, 0.2) is 73.3 Å². The van der Waals surface area contributed by atoms with Gasteiger partial charge in [-0.15, -0.1) is 18.3 Å². The molecule has 0 N–H and O–H groups in total. The average Bonchev–Trinajstić information content (AvgIpc) is 2.99. The maximum Gasteiger partial charge on any atom is 0.331 e. The van der Waals surface area contributed by atoms with Gasteiger partial charge >= 0.3 is 5.97 Å². The molecule has 150 valence electrons. The van der Waals surface area contributed by atoms with Crippen LogP contribution < -0.4 is 0 Å². The van der Waals surface area contributed by atoms with Crippen molar-refractivity contribution in [1.29, 1.82) is 0 Å². The lowest BCUT2D eigenvalue weighted by Crippen LogP contribution is -2.62. The molecule has 2 aliphatic heterocycles. The predicted molar refractivity (Wildman–Crippen MR) is 115 cm³/mol. The highest BCUT2D eigenvalue weighted by molar-refractivity contribution is 8.01. The molecule has 2 aliphatic rings. The minimum atomic E-state index is -0.596. The summed E-state index contributed by atoms with van der Waals surface area (Å²) in [6.07, 6.45) is 1.91. The summed E-state index contributed by atoms with van der Waals surface area (Å²) in [5.41, 5.74) is 1.82. The number of carbonyl (C=O) groups is 2. The third-order valence-electron chi connectivity index (χ3n) is 5.63. The van der Waals surface area contributed by atoms with Crippen LogP contribution in [0.1, 0.15) is 37.5 Å². The van der Waals surface area contributed by atoms with Crippen molar-refractivity contribution in [3.05, 3.63) is 84.4 Å². The first-order valence-corrected chi connectivity index (χ1v) is 10.7. The number of amides is 1. The number of fused-ring (bicyclic) bond motifs is 1. The van der Waals surface area contributed by atoms with Gasteiger partial charge in [0.1, 0.15) is 6.04 Å². The summed E-state index contributed by atoms with van der Waals surface area (Å²) in [7, 11) is 0. The SMILES string of the molecule is C=CC[C@@H]1C(=O)N2[C@@H]1SC(C)(C)[C@@H]2C(=O)OC(c1ccccc1)c1ccccc1. The van der Waals surface area contributed by atoms with Crippen LogP contribution in [-0.2, 0) is 14.3 Å². The van der Waals surface area contributed by atoms with Crippen LogP contribution >= 0.6 is 11.8 Å². The number of rotatable bonds is 6. The summed E-state index contributed by atoms with van der Waals surface area (Å²) in [5, 5.41) is 0.0138. The summed E-state index contributed by atoms with van der Waals surface area (Å²) < 4.78 is 5.66. The first-order chi connectivity index (χ1) is 13.9. The lowest BCUT2D eigenvalue weighted by atomic mass is 9.89. The molecule has 0 aromatic heterocycles. The number of esters is 1. The second-order valence-corrected chi connectivity index (χ2v) is 9.80. The number of β-lactam (4-membered cyclic amide) rings is 1. The van der Waals surface area contributed by atoms with Gasteiger partial charge in [0.25, 0.3) is 0 Å². The average molecular weight is 408 g/mol. The molecule has 2 heterocycles. The lowest BCUT2D eigenvalue weighted by molar-refractivity contribution is -0.168. The summed E-state index contributed by atoms with van der Waals surface area (Å²) >= 11 is 1.68. The largest absolute Gasteiger partial charge is 0.451 e. The summed E-state index contributed by atoms with van der Waals surface area (Å²) in [5.74, 6) is -0.423. The van der Waals surface area contributed by atoms with Crippen LogP contribution in [0.25, 0.3) is 0 Å². The molecule has 2 aromatic rings. The second kappa shape index (κ2) is 7.71. The van der Waals surface area contributed by atoms with E-state index in [-0.39, 0.29) is 23.2 Å². The second-order valence-electron chi connectivity index (χ2n) is 8.03. The van der Waals surface area contributed by atoms with E-state index in [0.717, 1.165) is 11.1 Å². The third-order valence-corrected chi connectivity index (χ3v) is 7.26. The first kappa shape index (κ1) is 19.8. The van der Waals surface area contributed by atoms with Crippen molar-refractivity contribution in [2.24, 2.45) is 5.92 Å². The molecule has 2 saturated heterocycles. The van der Waals surface area contributed by atoms with Gasteiger partial charge in [0.2, 0.25) is 5.91 Å². The summed E-state index contributed by atoms with van der Waals surface area (Å²) in [6.45, 7) is 7.78. The number of thioether (sulfide) groups is 1. The van der Waals surface area contributed by atoms with Gasteiger partial charge in [-0.05, 0) is 31.4 Å². The molecule has 4 nitrogen and oxygen atoms in total. The van der Waals surface area contributed by atoms with Gasteiger partial charge in [-0.25, -0.2) is 4.79 Å². The molecule has 3 atom stereocenters. The van der Waals surface area contributed by atoms with E-state index in [1.54, 1.807) is 22.7 Å². The number of ether oxygens (including phenoxy) is 1. The molecule has 4 rings (SSSR count). The van der Waals surface area contributed by atoms with Gasteiger partial charge < -0.3 is 9.64 Å². The van der Waals surface area contributed by atoms with Crippen molar-refractivity contribution in [3.8, 4) is 0 Å². The van der Waals surface area contributed by atoms with Crippen LogP contribution in [0.4, 0.5) is 0 Å². The van der Waals surface area contributed by atoms with Gasteiger partial charge in [0, 0.05) is 4.75 Å². The fraction of sp³-hybridized carbons (Fsp3) is 0.333. The number of nitrogens with zero attached hydrogens (tertiary/aromatic N) is 1. The summed E-state index contributed by atoms with van der Waals surface area (Å²) in [4.78, 5) is 27.8. The zero-order valence-corrected chi connectivity index (χ0v) is 17.5. The van der Waals surface area contributed by atoms with Crippen molar-refractivity contribution >= 4 is 23.6 Å². The fourth-order valence-corrected chi connectivity index (χ4v) is 5.93. The lowest BCUT2D eigenvalue weighted by Gasteiger charge is -2.44. The van der Waals surface area contributed by atoms with Crippen molar-refractivity contribution in [1.82, 2.24) is 4.90 Å². The van der Waals surface area contributed by atoms with E-state index in [0.29, 0.717) is 6.42 Å². The number of benzene rings is 2. The number of hydrogen-bond acceptors (Lipinski definition) is 4. The van der Waals surface area contributed by atoms with Crippen LogP contribution in [0.3, 0.4) is 0 Å². The molecule has 0 aliphatic carbocycles. The highest BCUT2D eigenvalue weighted by Gasteiger charge is 2.63. The van der Waals surface area contributed by atoms with Crippen LogP contribution in [0, 0.1) is 5.92 Å². The standard InChI is InChI=1S/C24H25NO3S/c1-4-11-18-21(26)25-20(24(2,3)29-22(18)25)23(27)28-19(16-12-7-5-8-13-16)17-14-9-6-10-15-17/h4-10,12-15,18-20,22H,1,11H2,2-3H3/t18-,20+,22-/m1/s1. The zero-order chi connectivity index (χ0) is 20.6. The smallest absolute Gasteiger partial charge is 0.331 e. The van der Waals surface area contributed by atoms with E-state index < -0.39 is 16.9 Å². The van der Waals surface area contributed by atoms with E-state index in [1.165, 1.54) is 0 Å². The van der Waals surface area contributed by atoms with E-state index in [1.807, 2.05) is 74.5 Å². The van der Waals surface area contributed by atoms with Crippen molar-refractivity contribution < 1.29 is 14.3 Å². The molecule has 0 spiro atoms. The molecule has 2 aromatic carbocycles. The van der Waals surface area contributed by atoms with Gasteiger partial charge in [0.15, 0.2) is 6.10 Å². The predicted octanol–water partition coefficient (Wildman–Crippen LogP) is 4.57. The molecule has 0 bridgehead atoms. The maximum atomic E-state index is 13.4. The van der Waals surface area contributed by atoms with Crippen molar-refractivity contribution in [3.63, 3.8) is 0 Å². The van der Waals surface area contributed by atoms with Gasteiger partial charge in [-0.2, -0.15) is 0 Å². The Morgan fingerprint density at radius 2 is 1.69 bits per heavy atom. The van der Waals surface area contributed by atoms with E-state index in [9.17, 15) is 9.59 Å². The molecule has 2 fully saturated rings. The molecule has 5 heteroatoms. The quantitative estimate of drug-likeness (QED) is 0.400. The van der Waals surface area contributed by atoms with Crippen LogP contribution in [-0.4, -0.2) is 32.9 Å². The van der Waals surface area contributed by atoms with E-state index in [4.69, 9.17) is 4.74 Å². The van der Waals surface area contributed by atoms with Gasteiger partial charge in [-0.1, -0.05) is 66.7 Å². The molecule has 29 heavy (non-hydrogen) atoms. The fourth-order valence-electron chi connectivity index (χ4n) is 4.23. The Bertz CT molecular complexity index is 873. The first-order valence-electron chi connectivity index (χ1n) is 9.85. The third kappa shape index (κ3) is 3.48. The topological polar surface area (TPSA) is 46.6 Å². The normalized spacial score (nSPS) is 24.7. The Balaban J connectivity index is 1.61. The number of allylic oxidation sites excluding steroid dienone is 1. The minimum absolute atomic E-state index is 0.0138. The van der Waals surface area contributed by atoms with Crippen molar-refractivity contribution in [2.75, 3.05) is 0 Å². The zero-order valence-electron chi connectivity index (χ0n) is 16.7. The van der Waals surface area contributed by atoms with Crippen LogP contribution in [0.5, 0.6) is 0 Å². The van der Waals surface area contributed by atoms with Crippen molar-refractivity contribution in [2.45, 2.75) is 42.5 Å². The Hall–Kier alpha value is -2.53. The van der Waals surface area contributed by atoms with Gasteiger partial charge in [-0.3, -0.25) is 4.79 Å². The monoisotopic (exact) mass is 407 g/mol. The number of carbonyl (C=O) groups excluding carboxylic acids is 2. The Labute approximate surface area is 175 Å².